The van der Waals surface area contributed by atoms with Crippen LogP contribution in [0.3, 0.4) is 0 Å². The van der Waals surface area contributed by atoms with Crippen molar-refractivity contribution < 1.29 is 29.1 Å². The zero-order chi connectivity index (χ0) is 45.7. The van der Waals surface area contributed by atoms with Crippen LogP contribution in [-0.2, 0) is 39.4 Å². The monoisotopic (exact) mass is 877 g/mol. The SMILES string of the molecule is CC(=O)O.Cc1cc(C2C3=C(Cc4c2c(=O)n(C)c(=O)n4C)c2ccccc2C3=O)cs1.Cc1cc(C=O)cs1.Cn1c(N)cc(=O)n(C)c1=O.O=C1CC(=O)c2ccccc21. The molecule has 3 aliphatic carbocycles. The van der Waals surface area contributed by atoms with Crippen molar-refractivity contribution in [3.8, 4) is 0 Å². The third-order valence-corrected chi connectivity index (χ3v) is 12.0. The number of aryl methyl sites for hydroxylation is 2. The third kappa shape index (κ3) is 9.43. The number of thiophene rings is 2. The zero-order valence-corrected chi connectivity index (χ0v) is 36.5. The number of carboxylic acid groups (broad SMARTS) is 1. The highest BCUT2D eigenvalue weighted by Gasteiger charge is 2.42. The number of hydrogen-bond donors (Lipinski definition) is 2. The maximum Gasteiger partial charge on any atom is 0.332 e. The Bertz CT molecular complexity index is 3030. The maximum absolute atomic E-state index is 13.3. The number of nitrogens with zero attached hydrogens (tertiary/aromatic N) is 4. The lowest BCUT2D eigenvalue weighted by molar-refractivity contribution is -0.134. The van der Waals surface area contributed by atoms with Gasteiger partial charge in [-0.1, -0.05) is 48.5 Å². The first-order valence-corrected chi connectivity index (χ1v) is 20.6. The van der Waals surface area contributed by atoms with Gasteiger partial charge in [-0.15, -0.1) is 22.7 Å². The molecular formula is C45H43N5O10S2. The van der Waals surface area contributed by atoms with E-state index >= 15 is 0 Å². The Balaban J connectivity index is 0.000000175. The maximum atomic E-state index is 13.3. The number of benzene rings is 2. The Morgan fingerprint density at radius 2 is 1.23 bits per heavy atom. The summed E-state index contributed by atoms with van der Waals surface area (Å²) in [4.78, 5) is 104. The van der Waals surface area contributed by atoms with Gasteiger partial charge in [0.25, 0.3) is 17.1 Å². The Morgan fingerprint density at radius 1 is 0.710 bits per heavy atom. The standard InChI is InChI=1S/C22H18N2O3S.C9H6O2.C6H9N3O2.C6H6OS.C2H4O2/c1-11-8-12(10-28-11)17-18-15(13-6-4-5-7-14(13)20(18)25)9-16-19(17)21(26)24(3)22(27)23(16)2;10-8-5-9(11)7-4-2-1-3-6(7)8;1-8-4(7)3-5(10)9(2)6(8)11;1-5-2-6(3-7)4-8-5;1-2(3)4/h4-8,10,17H,9H2,1-3H3;1-4H,5H2;3H,7H2,1-2H3;2-4H,1H3;1H3,(H,3,4). The molecule has 1 unspecified atom stereocenters. The molecule has 4 aromatic heterocycles. The molecule has 62 heavy (non-hydrogen) atoms. The third-order valence-electron chi connectivity index (χ3n) is 10.2. The first-order chi connectivity index (χ1) is 29.3. The summed E-state index contributed by atoms with van der Waals surface area (Å²) in [7, 11) is 6.11. The summed E-state index contributed by atoms with van der Waals surface area (Å²) in [5.41, 5.74) is 11.2. The summed E-state index contributed by atoms with van der Waals surface area (Å²) < 4.78 is 4.90. The van der Waals surface area contributed by atoms with Crippen molar-refractivity contribution in [2.45, 2.75) is 39.5 Å². The predicted molar refractivity (Wildman–Crippen MR) is 238 cm³/mol. The van der Waals surface area contributed by atoms with E-state index in [0.717, 1.165) is 49.5 Å². The molecule has 320 valence electrons. The minimum absolute atomic E-state index is 0.0130. The summed E-state index contributed by atoms with van der Waals surface area (Å²) in [6, 6.07) is 19.6. The van der Waals surface area contributed by atoms with E-state index in [0.29, 0.717) is 39.9 Å². The fourth-order valence-corrected chi connectivity index (χ4v) is 8.50. The van der Waals surface area contributed by atoms with Gasteiger partial charge in [0.15, 0.2) is 23.6 Å². The van der Waals surface area contributed by atoms with E-state index in [1.807, 2.05) is 61.0 Å². The first kappa shape index (κ1) is 46.0. The van der Waals surface area contributed by atoms with E-state index in [9.17, 15) is 38.4 Å². The lowest BCUT2D eigenvalue weighted by Gasteiger charge is -2.28. The number of ketones is 3. The highest BCUT2D eigenvalue weighted by atomic mass is 32.1. The van der Waals surface area contributed by atoms with Gasteiger partial charge < -0.3 is 10.8 Å². The molecule has 0 saturated heterocycles. The van der Waals surface area contributed by atoms with E-state index in [2.05, 4.69) is 0 Å². The van der Waals surface area contributed by atoms with Gasteiger partial charge in [-0.05, 0) is 48.1 Å². The number of aromatic nitrogens is 4. The number of allylic oxidation sites excluding steroid dienone is 2. The average molecular weight is 878 g/mol. The number of aliphatic carboxylic acids is 1. The van der Waals surface area contributed by atoms with Crippen molar-refractivity contribution in [3.63, 3.8) is 0 Å². The van der Waals surface area contributed by atoms with E-state index in [-0.39, 0.29) is 46.4 Å². The van der Waals surface area contributed by atoms with Crippen molar-refractivity contribution in [2.24, 2.45) is 28.2 Å². The van der Waals surface area contributed by atoms with Crippen LogP contribution in [0.4, 0.5) is 5.82 Å². The molecule has 0 radical (unpaired) electrons. The number of Topliss-reactive ketones (excluding diaryl/α,β-unsaturated/α-hetero) is 3. The van der Waals surface area contributed by atoms with Crippen LogP contribution in [0.1, 0.15) is 92.8 Å². The van der Waals surface area contributed by atoms with E-state index in [1.165, 1.54) is 36.7 Å². The Morgan fingerprint density at radius 3 is 1.73 bits per heavy atom. The van der Waals surface area contributed by atoms with Crippen LogP contribution in [-0.4, -0.2) is 53.0 Å². The Labute approximate surface area is 362 Å². The van der Waals surface area contributed by atoms with E-state index in [4.69, 9.17) is 15.6 Å². The zero-order valence-electron chi connectivity index (χ0n) is 34.9. The number of aldehydes is 1. The minimum Gasteiger partial charge on any atom is -0.481 e. The van der Waals surface area contributed by atoms with Gasteiger partial charge in [-0.3, -0.25) is 51.8 Å². The molecule has 0 saturated carbocycles. The molecule has 3 aliphatic rings. The quantitative estimate of drug-likeness (QED) is 0.177. The molecule has 4 heterocycles. The summed E-state index contributed by atoms with van der Waals surface area (Å²) in [6.45, 7) is 5.08. The number of nitrogen functional groups attached to an aromatic ring is 1. The molecule has 0 aliphatic heterocycles. The number of nitrogens with two attached hydrogens (primary N) is 1. The lowest BCUT2D eigenvalue weighted by atomic mass is 9.77. The summed E-state index contributed by atoms with van der Waals surface area (Å²) >= 11 is 3.20. The lowest BCUT2D eigenvalue weighted by Crippen LogP contribution is -2.43. The normalized spacial score (nSPS) is 14.0. The fourth-order valence-electron chi connectivity index (χ4n) is 7.12. The van der Waals surface area contributed by atoms with Crippen LogP contribution < -0.4 is 28.2 Å². The fraction of sp³-hybridized carbons (Fsp3) is 0.222. The van der Waals surface area contributed by atoms with Crippen molar-refractivity contribution in [2.75, 3.05) is 5.73 Å². The molecule has 1 atom stereocenters. The number of hydrogen-bond acceptors (Lipinski definition) is 12. The van der Waals surface area contributed by atoms with Crippen LogP contribution in [0, 0.1) is 13.8 Å². The Kier molecular flexibility index (Phi) is 14.1. The number of anilines is 1. The van der Waals surface area contributed by atoms with Gasteiger partial charge in [0.2, 0.25) is 0 Å². The number of fused-ring (bicyclic) bond motifs is 4. The van der Waals surface area contributed by atoms with Crippen molar-refractivity contribution in [3.05, 3.63) is 179 Å². The molecular weight excluding hydrogens is 835 g/mol. The van der Waals surface area contributed by atoms with Gasteiger partial charge in [0, 0.05) is 108 Å². The van der Waals surface area contributed by atoms with E-state index in [1.54, 1.807) is 58.6 Å². The molecule has 0 fully saturated rings. The molecule has 6 aromatic rings. The smallest absolute Gasteiger partial charge is 0.332 e. The predicted octanol–water partition coefficient (Wildman–Crippen LogP) is 4.87. The molecule has 0 spiro atoms. The molecule has 9 rings (SSSR count). The molecule has 17 heteroatoms. The minimum atomic E-state index is -0.833. The van der Waals surface area contributed by atoms with Gasteiger partial charge in [-0.2, -0.15) is 0 Å². The highest BCUT2D eigenvalue weighted by molar-refractivity contribution is 7.10. The van der Waals surface area contributed by atoms with Crippen LogP contribution in [0.15, 0.2) is 102 Å². The molecule has 3 N–H and O–H groups in total. The van der Waals surface area contributed by atoms with Gasteiger partial charge >= 0.3 is 11.4 Å². The van der Waals surface area contributed by atoms with Crippen molar-refractivity contribution in [1.82, 2.24) is 18.3 Å². The highest BCUT2D eigenvalue weighted by Crippen LogP contribution is 2.48. The van der Waals surface area contributed by atoms with Crippen molar-refractivity contribution in [1.29, 1.82) is 0 Å². The number of carboxylic acids is 1. The molecule has 0 amide bonds. The van der Waals surface area contributed by atoms with Crippen LogP contribution in [0.2, 0.25) is 0 Å². The van der Waals surface area contributed by atoms with Crippen molar-refractivity contribution >= 4 is 63.7 Å². The summed E-state index contributed by atoms with van der Waals surface area (Å²) in [5.74, 6) is -1.22. The van der Waals surface area contributed by atoms with Crippen LogP contribution in [0.5, 0.6) is 0 Å². The van der Waals surface area contributed by atoms with E-state index < -0.39 is 17.6 Å². The summed E-state index contributed by atoms with van der Waals surface area (Å²) in [5, 5.41) is 11.3. The number of rotatable bonds is 2. The number of carbonyl (C=O) groups excluding carboxylic acids is 4. The Hall–Kier alpha value is -7.11. The topological polar surface area (TPSA) is 220 Å². The second-order valence-electron chi connectivity index (χ2n) is 14.4. The number of carbonyl (C=O) groups is 5. The van der Waals surface area contributed by atoms with Crippen LogP contribution >= 0.6 is 22.7 Å². The average Bonchev–Trinajstić information content (AvgIpc) is 4.02. The molecule has 2 aromatic carbocycles. The molecule has 15 nitrogen and oxygen atoms in total. The second kappa shape index (κ2) is 19.1. The van der Waals surface area contributed by atoms with Gasteiger partial charge in [0.05, 0.1) is 6.42 Å². The molecule has 0 bridgehead atoms. The van der Waals surface area contributed by atoms with Gasteiger partial charge in [0.1, 0.15) is 5.82 Å². The summed E-state index contributed by atoms with van der Waals surface area (Å²) in [6.07, 6.45) is 1.33. The second-order valence-corrected chi connectivity index (χ2v) is 16.7. The van der Waals surface area contributed by atoms with Crippen LogP contribution in [0.25, 0.3) is 5.57 Å². The van der Waals surface area contributed by atoms with Gasteiger partial charge in [-0.25, -0.2) is 9.59 Å². The largest absolute Gasteiger partial charge is 0.481 e. The first-order valence-electron chi connectivity index (χ1n) is 18.9.